The lowest BCUT2D eigenvalue weighted by atomic mass is 10.1. The zero-order valence-corrected chi connectivity index (χ0v) is 11.5. The smallest absolute Gasteiger partial charge is 0.186 e. The van der Waals surface area contributed by atoms with Crippen molar-refractivity contribution < 1.29 is 9.53 Å². The topological polar surface area (TPSA) is 44.1 Å². The maximum absolute atomic E-state index is 12.3. The van der Waals surface area contributed by atoms with Gasteiger partial charge in [-0.15, -0.1) is 0 Å². The third kappa shape index (κ3) is 2.84. The second-order valence-corrected chi connectivity index (χ2v) is 4.69. The summed E-state index contributed by atoms with van der Waals surface area (Å²) >= 11 is 0. The molecule has 0 amide bonds. The van der Waals surface area contributed by atoms with Crippen LogP contribution in [0.5, 0.6) is 5.75 Å². The lowest BCUT2D eigenvalue weighted by Gasteiger charge is -2.11. The van der Waals surface area contributed by atoms with E-state index in [-0.39, 0.29) is 12.3 Å². The summed E-state index contributed by atoms with van der Waals surface area (Å²) in [5.74, 6) is 1.85. The number of Topliss-reactive ketones (excluding diaryl/α,β-unsaturated/α-hetero) is 1. The van der Waals surface area contributed by atoms with Gasteiger partial charge in [-0.3, -0.25) is 4.79 Å². The Morgan fingerprint density at radius 1 is 1.37 bits per heavy atom. The zero-order chi connectivity index (χ0) is 13.8. The minimum Gasteiger partial charge on any atom is -0.496 e. The van der Waals surface area contributed by atoms with Gasteiger partial charge >= 0.3 is 0 Å². The molecule has 0 bridgehead atoms. The summed E-state index contributed by atoms with van der Waals surface area (Å²) in [6.45, 7) is 4.41. The van der Waals surface area contributed by atoms with E-state index in [0.29, 0.717) is 17.2 Å². The number of rotatable bonds is 5. The van der Waals surface area contributed by atoms with E-state index in [1.54, 1.807) is 25.4 Å². The van der Waals surface area contributed by atoms with Gasteiger partial charge in [0.1, 0.15) is 11.6 Å². The van der Waals surface area contributed by atoms with Crippen LogP contribution in [0.1, 0.15) is 35.9 Å². The molecule has 1 aromatic heterocycles. The molecular weight excluding hydrogens is 240 g/mol. The van der Waals surface area contributed by atoms with Crippen molar-refractivity contribution in [1.82, 2.24) is 9.55 Å². The molecule has 0 atom stereocenters. The summed E-state index contributed by atoms with van der Waals surface area (Å²) in [5.41, 5.74) is 0.605. The number of hydrogen-bond donors (Lipinski definition) is 0. The quantitative estimate of drug-likeness (QED) is 0.774. The number of benzene rings is 1. The second-order valence-electron chi connectivity index (χ2n) is 4.69. The van der Waals surface area contributed by atoms with Gasteiger partial charge in [-0.05, 0) is 12.1 Å². The molecule has 4 nitrogen and oxygen atoms in total. The van der Waals surface area contributed by atoms with E-state index in [1.807, 2.05) is 22.9 Å². The van der Waals surface area contributed by atoms with E-state index in [0.717, 1.165) is 5.82 Å². The highest BCUT2D eigenvalue weighted by molar-refractivity contribution is 5.98. The first-order valence-corrected chi connectivity index (χ1v) is 6.30. The molecule has 0 aliphatic carbocycles. The average Bonchev–Trinajstić information content (AvgIpc) is 2.87. The normalized spacial score (nSPS) is 10.7. The molecule has 2 aromatic rings. The third-order valence-electron chi connectivity index (χ3n) is 2.99. The van der Waals surface area contributed by atoms with Crippen LogP contribution in [0.2, 0.25) is 0 Å². The van der Waals surface area contributed by atoms with Gasteiger partial charge in [0, 0.05) is 18.3 Å². The Balaban J connectivity index is 2.23. The molecule has 0 aliphatic heterocycles. The molecule has 0 unspecified atom stereocenters. The van der Waals surface area contributed by atoms with Crippen LogP contribution in [0, 0.1) is 0 Å². The Morgan fingerprint density at radius 2 is 2.11 bits per heavy atom. The lowest BCUT2D eigenvalue weighted by Crippen LogP contribution is -2.14. The van der Waals surface area contributed by atoms with Crippen molar-refractivity contribution in [3.8, 4) is 5.75 Å². The highest BCUT2D eigenvalue weighted by atomic mass is 16.5. The fourth-order valence-electron chi connectivity index (χ4n) is 2.07. The van der Waals surface area contributed by atoms with Crippen LogP contribution in [-0.4, -0.2) is 22.4 Å². The third-order valence-corrected chi connectivity index (χ3v) is 2.99. The van der Waals surface area contributed by atoms with Crippen molar-refractivity contribution in [2.45, 2.75) is 26.3 Å². The van der Waals surface area contributed by atoms with E-state index in [1.165, 1.54) is 0 Å². The molecule has 0 fully saturated rings. The fourth-order valence-corrected chi connectivity index (χ4v) is 2.07. The summed E-state index contributed by atoms with van der Waals surface area (Å²) in [5, 5.41) is 0. The molecule has 2 rings (SSSR count). The summed E-state index contributed by atoms with van der Waals surface area (Å²) in [7, 11) is 1.57. The van der Waals surface area contributed by atoms with Gasteiger partial charge in [-0.2, -0.15) is 0 Å². The van der Waals surface area contributed by atoms with Gasteiger partial charge in [0.25, 0.3) is 0 Å². The summed E-state index contributed by atoms with van der Waals surface area (Å²) < 4.78 is 7.11. The van der Waals surface area contributed by atoms with Gasteiger partial charge in [0.2, 0.25) is 0 Å². The van der Waals surface area contributed by atoms with Crippen LogP contribution in [0.3, 0.4) is 0 Å². The van der Waals surface area contributed by atoms with Crippen LogP contribution in [0.15, 0.2) is 36.7 Å². The molecule has 0 saturated heterocycles. The van der Waals surface area contributed by atoms with E-state index in [2.05, 4.69) is 18.8 Å². The maximum atomic E-state index is 12.3. The Bertz CT molecular complexity index is 573. The number of aromatic nitrogens is 2. The zero-order valence-electron chi connectivity index (χ0n) is 11.5. The Kier molecular flexibility index (Phi) is 4.00. The number of para-hydroxylation sites is 1. The molecule has 1 aromatic carbocycles. The molecule has 0 saturated carbocycles. The molecular formula is C15H18N2O2. The minimum atomic E-state index is 0.0253. The number of nitrogens with zero attached hydrogens (tertiary/aromatic N) is 2. The van der Waals surface area contributed by atoms with Gasteiger partial charge < -0.3 is 9.30 Å². The molecule has 100 valence electrons. The van der Waals surface area contributed by atoms with Crippen LogP contribution in [0.4, 0.5) is 0 Å². The van der Waals surface area contributed by atoms with Crippen molar-refractivity contribution in [2.24, 2.45) is 0 Å². The number of ether oxygens (including phenoxy) is 1. The first-order valence-electron chi connectivity index (χ1n) is 6.30. The summed E-state index contributed by atoms with van der Waals surface area (Å²) in [6, 6.07) is 7.27. The van der Waals surface area contributed by atoms with Gasteiger partial charge in [0.15, 0.2) is 5.78 Å². The van der Waals surface area contributed by atoms with Gasteiger partial charge in [-0.1, -0.05) is 26.0 Å². The Hall–Kier alpha value is -2.10. The molecule has 0 N–H and O–H groups in total. The van der Waals surface area contributed by atoms with E-state index in [4.69, 9.17) is 4.74 Å². The van der Waals surface area contributed by atoms with Crippen molar-refractivity contribution >= 4 is 5.78 Å². The number of imidazole rings is 1. The number of ketones is 1. The van der Waals surface area contributed by atoms with Crippen molar-refractivity contribution in [1.29, 1.82) is 0 Å². The van der Waals surface area contributed by atoms with E-state index >= 15 is 0 Å². The Morgan fingerprint density at radius 3 is 2.79 bits per heavy atom. The first-order chi connectivity index (χ1) is 9.13. The van der Waals surface area contributed by atoms with Crippen molar-refractivity contribution in [2.75, 3.05) is 7.11 Å². The molecule has 19 heavy (non-hydrogen) atoms. The minimum absolute atomic E-state index is 0.0253. The van der Waals surface area contributed by atoms with Crippen LogP contribution in [-0.2, 0) is 6.54 Å². The van der Waals surface area contributed by atoms with Crippen LogP contribution in [0.25, 0.3) is 0 Å². The predicted molar refractivity (Wildman–Crippen MR) is 73.6 cm³/mol. The molecule has 0 spiro atoms. The monoisotopic (exact) mass is 258 g/mol. The van der Waals surface area contributed by atoms with E-state index in [9.17, 15) is 4.79 Å². The largest absolute Gasteiger partial charge is 0.496 e. The predicted octanol–water partition coefficient (Wildman–Crippen LogP) is 2.90. The highest BCUT2D eigenvalue weighted by Gasteiger charge is 2.15. The Labute approximate surface area is 113 Å². The number of methoxy groups -OCH3 is 1. The lowest BCUT2D eigenvalue weighted by molar-refractivity contribution is 0.0968. The molecule has 0 radical (unpaired) electrons. The van der Waals surface area contributed by atoms with Crippen LogP contribution < -0.4 is 4.74 Å². The van der Waals surface area contributed by atoms with Gasteiger partial charge in [-0.25, -0.2) is 4.98 Å². The van der Waals surface area contributed by atoms with Crippen molar-refractivity contribution in [3.05, 3.63) is 48.0 Å². The van der Waals surface area contributed by atoms with Gasteiger partial charge in [0.05, 0.1) is 19.2 Å². The molecule has 4 heteroatoms. The summed E-state index contributed by atoms with van der Waals surface area (Å²) in [4.78, 5) is 16.6. The van der Waals surface area contributed by atoms with Crippen LogP contribution >= 0.6 is 0 Å². The number of hydrogen-bond acceptors (Lipinski definition) is 3. The SMILES string of the molecule is COc1ccccc1C(=O)Cn1ccnc1C(C)C. The van der Waals surface area contributed by atoms with E-state index < -0.39 is 0 Å². The molecule has 0 aliphatic rings. The fraction of sp³-hybridized carbons (Fsp3) is 0.333. The number of carbonyl (C=O) groups excluding carboxylic acids is 1. The number of carbonyl (C=O) groups is 1. The summed E-state index contributed by atoms with van der Waals surface area (Å²) in [6.07, 6.45) is 3.56. The average molecular weight is 258 g/mol. The first kappa shape index (κ1) is 13.3. The standard InChI is InChI=1S/C15H18N2O2/c1-11(2)15-16-8-9-17(15)10-13(18)12-6-4-5-7-14(12)19-3/h4-9,11H,10H2,1-3H3. The highest BCUT2D eigenvalue weighted by Crippen LogP contribution is 2.19. The maximum Gasteiger partial charge on any atom is 0.186 e. The van der Waals surface area contributed by atoms with Crippen molar-refractivity contribution in [3.63, 3.8) is 0 Å². The molecule has 1 heterocycles. The second kappa shape index (κ2) is 5.69.